The van der Waals surface area contributed by atoms with Crippen molar-refractivity contribution in [3.05, 3.63) is 28.2 Å². The second-order valence-electron chi connectivity index (χ2n) is 7.22. The number of benzene rings is 1. The molecule has 1 aromatic rings. The second-order valence-corrected chi connectivity index (χ2v) is 8.13. The maximum atomic E-state index is 3.62. The first-order valence-electron chi connectivity index (χ1n) is 7.56. The van der Waals surface area contributed by atoms with Crippen LogP contribution in [-0.2, 0) is 6.54 Å². The van der Waals surface area contributed by atoms with E-state index in [2.05, 4.69) is 79.0 Å². The van der Waals surface area contributed by atoms with Crippen molar-refractivity contribution in [1.82, 2.24) is 5.32 Å². The van der Waals surface area contributed by atoms with Crippen LogP contribution in [0.1, 0.15) is 46.6 Å². The third-order valence-corrected chi connectivity index (χ3v) is 4.44. The average Bonchev–Trinajstić information content (AvgIpc) is 2.65. The summed E-state index contributed by atoms with van der Waals surface area (Å²) in [6, 6.07) is 7.29. The molecule has 0 amide bonds. The molecule has 0 bridgehead atoms. The van der Waals surface area contributed by atoms with Gasteiger partial charge in [-0.05, 0) is 57.7 Å². The molecule has 2 atom stereocenters. The molecule has 0 aliphatic carbocycles. The highest BCUT2D eigenvalue weighted by Gasteiger charge is 2.27. The minimum Gasteiger partial charge on any atom is -0.368 e. The Morgan fingerprint density at radius 1 is 1.30 bits per heavy atom. The first-order chi connectivity index (χ1) is 9.26. The Morgan fingerprint density at radius 2 is 2.00 bits per heavy atom. The molecule has 0 spiro atoms. The molecule has 112 valence electrons. The summed E-state index contributed by atoms with van der Waals surface area (Å²) < 4.78 is 1.17. The van der Waals surface area contributed by atoms with E-state index in [4.69, 9.17) is 0 Å². The van der Waals surface area contributed by atoms with Crippen molar-refractivity contribution in [3.8, 4) is 0 Å². The van der Waals surface area contributed by atoms with E-state index in [0.29, 0.717) is 6.04 Å². The molecule has 0 radical (unpaired) electrons. The molecule has 0 aromatic heterocycles. The lowest BCUT2D eigenvalue weighted by molar-refractivity contribution is 0.424. The number of nitrogens with one attached hydrogen (secondary N) is 1. The lowest BCUT2D eigenvalue weighted by Crippen LogP contribution is -2.36. The van der Waals surface area contributed by atoms with Gasteiger partial charge in [-0.1, -0.05) is 28.9 Å². The molecule has 2 unspecified atom stereocenters. The molecule has 1 heterocycles. The van der Waals surface area contributed by atoms with E-state index in [1.54, 1.807) is 0 Å². The fourth-order valence-electron chi connectivity index (χ4n) is 2.95. The molecule has 1 aromatic carbocycles. The van der Waals surface area contributed by atoms with Crippen LogP contribution in [0.3, 0.4) is 0 Å². The maximum absolute atomic E-state index is 3.62. The van der Waals surface area contributed by atoms with Gasteiger partial charge in [0.25, 0.3) is 0 Å². The minimum atomic E-state index is 0.147. The third-order valence-electron chi connectivity index (χ3n) is 3.95. The summed E-state index contributed by atoms with van der Waals surface area (Å²) in [5, 5.41) is 3.61. The van der Waals surface area contributed by atoms with Crippen LogP contribution >= 0.6 is 15.9 Å². The number of hydrogen-bond acceptors (Lipinski definition) is 2. The van der Waals surface area contributed by atoms with Crippen molar-refractivity contribution in [1.29, 1.82) is 0 Å². The molecular formula is C17H27BrN2. The van der Waals surface area contributed by atoms with E-state index >= 15 is 0 Å². The molecule has 1 fully saturated rings. The fourth-order valence-corrected chi connectivity index (χ4v) is 3.30. The number of nitrogens with zero attached hydrogens (tertiary/aromatic N) is 1. The predicted molar refractivity (Wildman–Crippen MR) is 91.3 cm³/mol. The van der Waals surface area contributed by atoms with Gasteiger partial charge in [0.15, 0.2) is 0 Å². The largest absolute Gasteiger partial charge is 0.368 e. The maximum Gasteiger partial charge on any atom is 0.0425 e. The number of anilines is 1. The van der Waals surface area contributed by atoms with E-state index in [1.807, 2.05) is 0 Å². The quantitative estimate of drug-likeness (QED) is 0.868. The van der Waals surface area contributed by atoms with Crippen LogP contribution in [-0.4, -0.2) is 18.1 Å². The predicted octanol–water partition coefficient (Wildman–Crippen LogP) is 4.57. The summed E-state index contributed by atoms with van der Waals surface area (Å²) in [6.07, 6.45) is 1.29. The van der Waals surface area contributed by atoms with E-state index in [9.17, 15) is 0 Å². The van der Waals surface area contributed by atoms with Crippen LogP contribution in [0.4, 0.5) is 5.69 Å². The molecule has 1 aliphatic heterocycles. The van der Waals surface area contributed by atoms with Gasteiger partial charge in [0, 0.05) is 34.8 Å². The van der Waals surface area contributed by atoms with E-state index in [1.165, 1.54) is 28.7 Å². The number of hydrogen-bond donors (Lipinski definition) is 1. The van der Waals surface area contributed by atoms with Gasteiger partial charge in [-0.2, -0.15) is 0 Å². The van der Waals surface area contributed by atoms with Gasteiger partial charge in [0.1, 0.15) is 0 Å². The van der Waals surface area contributed by atoms with Crippen LogP contribution in [0.25, 0.3) is 0 Å². The van der Waals surface area contributed by atoms with Gasteiger partial charge in [0.05, 0.1) is 0 Å². The summed E-state index contributed by atoms with van der Waals surface area (Å²) in [5.74, 6) is 0.785. The van der Waals surface area contributed by atoms with Crippen molar-refractivity contribution >= 4 is 21.6 Å². The molecule has 20 heavy (non-hydrogen) atoms. The van der Waals surface area contributed by atoms with Crippen LogP contribution in [0, 0.1) is 5.92 Å². The Bertz CT molecular complexity index is 465. The fraction of sp³-hybridized carbons (Fsp3) is 0.647. The summed E-state index contributed by atoms with van der Waals surface area (Å²) in [4.78, 5) is 2.56. The molecular weight excluding hydrogens is 312 g/mol. The van der Waals surface area contributed by atoms with Gasteiger partial charge in [-0.25, -0.2) is 0 Å². The van der Waals surface area contributed by atoms with E-state index in [0.717, 1.165) is 12.5 Å². The van der Waals surface area contributed by atoms with Crippen molar-refractivity contribution in [2.24, 2.45) is 5.92 Å². The normalized spacial score (nSPS) is 23.4. The zero-order valence-corrected chi connectivity index (χ0v) is 14.9. The Balaban J connectivity index is 2.24. The van der Waals surface area contributed by atoms with Crippen LogP contribution in [0.15, 0.2) is 22.7 Å². The highest BCUT2D eigenvalue weighted by molar-refractivity contribution is 9.10. The van der Waals surface area contributed by atoms with Crippen LogP contribution in [0.2, 0.25) is 0 Å². The molecule has 2 rings (SSSR count). The topological polar surface area (TPSA) is 15.3 Å². The van der Waals surface area contributed by atoms with Crippen LogP contribution < -0.4 is 10.2 Å². The van der Waals surface area contributed by atoms with Gasteiger partial charge >= 0.3 is 0 Å². The summed E-state index contributed by atoms with van der Waals surface area (Å²) >= 11 is 3.62. The van der Waals surface area contributed by atoms with Crippen molar-refractivity contribution in [2.45, 2.75) is 59.2 Å². The van der Waals surface area contributed by atoms with Gasteiger partial charge < -0.3 is 10.2 Å². The second kappa shape index (κ2) is 6.07. The van der Waals surface area contributed by atoms with Gasteiger partial charge in [0.2, 0.25) is 0 Å². The lowest BCUT2D eigenvalue weighted by atomic mass is 10.1. The zero-order chi connectivity index (χ0) is 14.9. The minimum absolute atomic E-state index is 0.147. The Hall–Kier alpha value is -0.540. The average molecular weight is 339 g/mol. The van der Waals surface area contributed by atoms with Gasteiger partial charge in [-0.3, -0.25) is 0 Å². The number of halogens is 1. The molecule has 2 nitrogen and oxygen atoms in total. The molecule has 3 heteroatoms. The van der Waals surface area contributed by atoms with E-state index < -0.39 is 0 Å². The lowest BCUT2D eigenvalue weighted by Gasteiger charge is -2.28. The molecule has 1 aliphatic rings. The highest BCUT2D eigenvalue weighted by atomic mass is 79.9. The molecule has 1 saturated heterocycles. The Kier molecular flexibility index (Phi) is 4.80. The molecule has 0 saturated carbocycles. The summed E-state index contributed by atoms with van der Waals surface area (Å²) in [6.45, 7) is 13.4. The zero-order valence-electron chi connectivity index (χ0n) is 13.3. The first kappa shape index (κ1) is 15.8. The SMILES string of the molecule is CC1CC(C)N(c2cc(Br)ccc2CNC(C)(C)C)C1. The first-order valence-corrected chi connectivity index (χ1v) is 8.35. The van der Waals surface area contributed by atoms with E-state index in [-0.39, 0.29) is 5.54 Å². The Labute approximate surface area is 132 Å². The summed E-state index contributed by atoms with van der Waals surface area (Å²) in [7, 11) is 0. The van der Waals surface area contributed by atoms with Crippen molar-refractivity contribution in [3.63, 3.8) is 0 Å². The smallest absolute Gasteiger partial charge is 0.0425 e. The monoisotopic (exact) mass is 338 g/mol. The molecule has 1 N–H and O–H groups in total. The standard InChI is InChI=1S/C17H27BrN2/c1-12-8-13(2)20(11-12)16-9-15(18)7-6-14(16)10-19-17(3,4)5/h6-7,9,12-13,19H,8,10-11H2,1-5H3. The van der Waals surface area contributed by atoms with Crippen molar-refractivity contribution in [2.75, 3.05) is 11.4 Å². The van der Waals surface area contributed by atoms with Crippen LogP contribution in [0.5, 0.6) is 0 Å². The third kappa shape index (κ3) is 3.98. The highest BCUT2D eigenvalue weighted by Crippen LogP contribution is 2.33. The van der Waals surface area contributed by atoms with Crippen molar-refractivity contribution < 1.29 is 0 Å². The van der Waals surface area contributed by atoms with Gasteiger partial charge in [-0.15, -0.1) is 0 Å². The summed E-state index contributed by atoms with van der Waals surface area (Å²) in [5.41, 5.74) is 2.92. The number of rotatable bonds is 3. The Morgan fingerprint density at radius 3 is 2.55 bits per heavy atom.